The van der Waals surface area contributed by atoms with E-state index in [2.05, 4.69) is 57.3 Å². The molecule has 0 atom stereocenters. The molecule has 1 fully saturated rings. The molecule has 1 amide bonds. The Kier molecular flexibility index (Phi) is 6.82. The van der Waals surface area contributed by atoms with E-state index in [9.17, 15) is 4.79 Å². The van der Waals surface area contributed by atoms with Crippen LogP contribution < -0.4 is 0 Å². The Morgan fingerprint density at radius 1 is 1.14 bits per heavy atom. The third-order valence-corrected chi connectivity index (χ3v) is 5.66. The van der Waals surface area contributed by atoms with Gasteiger partial charge in [0.25, 0.3) is 0 Å². The number of likely N-dealkylation sites (N-methyl/N-ethyl adjacent to an activating group) is 1. The Hall–Kier alpha value is -2.23. The third-order valence-electron chi connectivity index (χ3n) is 5.66. The summed E-state index contributed by atoms with van der Waals surface area (Å²) in [7, 11) is 4.03. The number of carbonyl (C=O) groups excluding carboxylic acids is 1. The Morgan fingerprint density at radius 3 is 2.39 bits per heavy atom. The van der Waals surface area contributed by atoms with Gasteiger partial charge < -0.3 is 9.80 Å². The Morgan fingerprint density at radius 2 is 1.79 bits per heavy atom. The summed E-state index contributed by atoms with van der Waals surface area (Å²) in [5.41, 5.74) is 2.10. The number of carbonyl (C=O) groups is 1. The first-order valence-electron chi connectivity index (χ1n) is 10.1. The topological polar surface area (TPSA) is 51.5 Å². The molecule has 1 aromatic carbocycles. The smallest absolute Gasteiger partial charge is 0.222 e. The van der Waals surface area contributed by atoms with E-state index in [-0.39, 0.29) is 11.6 Å². The minimum absolute atomic E-state index is 0.124. The fraction of sp³-hybridized carbons (Fsp3) is 0.591. The van der Waals surface area contributed by atoms with Crippen LogP contribution >= 0.6 is 0 Å². The van der Waals surface area contributed by atoms with Crippen molar-refractivity contribution in [3.63, 3.8) is 0 Å². The predicted octanol–water partition coefficient (Wildman–Crippen LogP) is 2.75. The second-order valence-corrected chi connectivity index (χ2v) is 8.03. The summed E-state index contributed by atoms with van der Waals surface area (Å²) in [5, 5.41) is 8.20. The van der Waals surface area contributed by atoms with Crippen LogP contribution in [-0.2, 0) is 17.9 Å². The number of hydrogen-bond donors (Lipinski definition) is 0. The normalized spacial score (nSPS) is 18.6. The zero-order valence-corrected chi connectivity index (χ0v) is 17.1. The average Bonchev–Trinajstić information content (AvgIpc) is 3.48. The van der Waals surface area contributed by atoms with E-state index in [1.807, 2.05) is 7.05 Å². The Labute approximate surface area is 168 Å². The summed E-state index contributed by atoms with van der Waals surface area (Å²) in [6, 6.07) is 8.63. The molecule has 0 spiro atoms. The van der Waals surface area contributed by atoms with E-state index in [1.165, 1.54) is 5.56 Å². The summed E-state index contributed by atoms with van der Waals surface area (Å²) < 4.78 is 0. The molecule has 1 aromatic rings. The van der Waals surface area contributed by atoms with E-state index in [0.717, 1.165) is 44.7 Å². The van der Waals surface area contributed by atoms with Gasteiger partial charge in [-0.1, -0.05) is 24.3 Å². The van der Waals surface area contributed by atoms with Gasteiger partial charge in [0.05, 0.1) is 0 Å². The molecule has 150 valence electrons. The summed E-state index contributed by atoms with van der Waals surface area (Å²) in [6.07, 6.45) is 7.81. The molecule has 6 heteroatoms. The number of hydrogen-bond acceptors (Lipinski definition) is 5. The Bertz CT molecular complexity index is 722. The average molecular weight is 382 g/mol. The van der Waals surface area contributed by atoms with Crippen LogP contribution in [0.3, 0.4) is 0 Å². The van der Waals surface area contributed by atoms with Gasteiger partial charge in [-0.2, -0.15) is 10.2 Å². The molecule has 28 heavy (non-hydrogen) atoms. The first-order chi connectivity index (χ1) is 13.5. The third kappa shape index (κ3) is 5.88. The number of nitrogens with zero attached hydrogens (tertiary/aromatic N) is 5. The second-order valence-electron chi connectivity index (χ2n) is 8.03. The predicted molar refractivity (Wildman–Crippen MR) is 111 cm³/mol. The molecule has 2 heterocycles. The lowest BCUT2D eigenvalue weighted by atomic mass is 10.0. The highest BCUT2D eigenvalue weighted by molar-refractivity contribution is 5.76. The molecular weight excluding hydrogens is 350 g/mol. The van der Waals surface area contributed by atoms with Gasteiger partial charge in [-0.3, -0.25) is 9.69 Å². The van der Waals surface area contributed by atoms with Gasteiger partial charge in [0.1, 0.15) is 0 Å². The number of rotatable bonds is 9. The van der Waals surface area contributed by atoms with Gasteiger partial charge in [-0.05, 0) is 18.2 Å². The van der Waals surface area contributed by atoms with Crippen LogP contribution in [0.2, 0.25) is 0 Å². The monoisotopic (exact) mass is 381 g/mol. The van der Waals surface area contributed by atoms with Crippen LogP contribution in [0, 0.1) is 12.3 Å². The van der Waals surface area contributed by atoms with Crippen molar-refractivity contribution < 1.29 is 4.79 Å². The van der Waals surface area contributed by atoms with Gasteiger partial charge in [0, 0.05) is 72.0 Å². The number of piperazine rings is 1. The van der Waals surface area contributed by atoms with E-state index in [4.69, 9.17) is 6.42 Å². The zero-order chi connectivity index (χ0) is 20.0. The molecule has 0 radical (unpaired) electrons. The summed E-state index contributed by atoms with van der Waals surface area (Å²) in [5.74, 6) is 2.74. The maximum absolute atomic E-state index is 12.4. The van der Waals surface area contributed by atoms with Crippen molar-refractivity contribution in [1.29, 1.82) is 0 Å². The summed E-state index contributed by atoms with van der Waals surface area (Å²) >= 11 is 0. The lowest BCUT2D eigenvalue weighted by Crippen LogP contribution is -2.43. The van der Waals surface area contributed by atoms with Crippen molar-refractivity contribution in [3.8, 4) is 12.3 Å². The maximum Gasteiger partial charge on any atom is 0.222 e. The van der Waals surface area contributed by atoms with Gasteiger partial charge >= 0.3 is 0 Å². The minimum Gasteiger partial charge on any atom is -0.341 e. The van der Waals surface area contributed by atoms with Crippen molar-refractivity contribution in [2.45, 2.75) is 44.4 Å². The van der Waals surface area contributed by atoms with E-state index in [0.29, 0.717) is 25.8 Å². The van der Waals surface area contributed by atoms with Crippen LogP contribution in [0.4, 0.5) is 0 Å². The molecule has 0 unspecified atom stereocenters. The zero-order valence-electron chi connectivity index (χ0n) is 17.1. The fourth-order valence-corrected chi connectivity index (χ4v) is 3.54. The van der Waals surface area contributed by atoms with Crippen molar-refractivity contribution in [1.82, 2.24) is 14.7 Å². The first-order valence-corrected chi connectivity index (χ1v) is 10.1. The second kappa shape index (κ2) is 9.31. The van der Waals surface area contributed by atoms with Gasteiger partial charge in [-0.15, -0.1) is 12.3 Å². The quantitative estimate of drug-likeness (QED) is 0.618. The van der Waals surface area contributed by atoms with E-state index in [1.54, 1.807) is 4.90 Å². The maximum atomic E-state index is 12.4. The van der Waals surface area contributed by atoms with Crippen LogP contribution in [0.25, 0.3) is 0 Å². The van der Waals surface area contributed by atoms with E-state index >= 15 is 0 Å². The van der Waals surface area contributed by atoms with Gasteiger partial charge in [0.2, 0.25) is 5.91 Å². The van der Waals surface area contributed by atoms with Crippen molar-refractivity contribution >= 4 is 5.91 Å². The first kappa shape index (κ1) is 20.5. The Balaban J connectivity index is 1.42. The number of terminal acetylenes is 1. The largest absolute Gasteiger partial charge is 0.341 e. The standard InChI is InChI=1S/C22H31N5O/c1-4-5-11-22(23-24-22)12-10-21(28)26(3)17-19-6-8-20(9-7-19)18-27-15-13-25(2)14-16-27/h1,6-9H,5,10-18H2,2-3H3. The molecule has 2 aliphatic rings. The highest BCUT2D eigenvalue weighted by Crippen LogP contribution is 2.37. The van der Waals surface area contributed by atoms with Crippen molar-refractivity contribution in [2.24, 2.45) is 10.2 Å². The molecule has 0 N–H and O–H groups in total. The molecule has 0 bridgehead atoms. The molecular formula is C22H31N5O. The molecule has 6 nitrogen and oxygen atoms in total. The highest BCUT2D eigenvalue weighted by atomic mass is 16.2. The van der Waals surface area contributed by atoms with Gasteiger partial charge in [0.15, 0.2) is 5.66 Å². The highest BCUT2D eigenvalue weighted by Gasteiger charge is 2.39. The van der Waals surface area contributed by atoms with Crippen molar-refractivity contribution in [3.05, 3.63) is 35.4 Å². The molecule has 0 aromatic heterocycles. The SMILES string of the molecule is C#CCCC1(CCC(=O)N(C)Cc2ccc(CN3CCN(C)CC3)cc2)N=N1. The molecule has 3 rings (SSSR count). The summed E-state index contributed by atoms with van der Waals surface area (Å²) in [4.78, 5) is 19.1. The number of amides is 1. The van der Waals surface area contributed by atoms with E-state index < -0.39 is 0 Å². The van der Waals surface area contributed by atoms with Crippen LogP contribution in [-0.4, -0.2) is 66.5 Å². The van der Waals surface area contributed by atoms with Crippen molar-refractivity contribution in [2.75, 3.05) is 40.3 Å². The molecule has 2 aliphatic heterocycles. The van der Waals surface area contributed by atoms with Crippen LogP contribution in [0.5, 0.6) is 0 Å². The molecule has 0 saturated carbocycles. The van der Waals surface area contributed by atoms with Crippen LogP contribution in [0.15, 0.2) is 34.5 Å². The van der Waals surface area contributed by atoms with Crippen LogP contribution in [0.1, 0.15) is 36.8 Å². The lowest BCUT2D eigenvalue weighted by molar-refractivity contribution is -0.130. The van der Waals surface area contributed by atoms with Gasteiger partial charge in [-0.25, -0.2) is 0 Å². The minimum atomic E-state index is -0.381. The lowest BCUT2D eigenvalue weighted by Gasteiger charge is -2.32. The molecule has 1 saturated heterocycles. The molecule has 0 aliphatic carbocycles. The number of benzene rings is 1. The summed E-state index contributed by atoms with van der Waals surface area (Å²) in [6.45, 7) is 6.13. The fourth-order valence-electron chi connectivity index (χ4n) is 3.54.